The average molecular weight is 247 g/mol. The lowest BCUT2D eigenvalue weighted by Gasteiger charge is -2.02. The Labute approximate surface area is 104 Å². The Morgan fingerprint density at radius 2 is 2.00 bits per heavy atom. The molecule has 0 N–H and O–H groups in total. The largest absolute Gasteiger partial charge is 0.292 e. The van der Waals surface area contributed by atoms with Crippen LogP contribution in [0.15, 0.2) is 36.7 Å². The second-order valence-corrected chi connectivity index (χ2v) is 4.14. The van der Waals surface area contributed by atoms with Crippen molar-refractivity contribution in [1.29, 1.82) is 0 Å². The van der Waals surface area contributed by atoms with E-state index in [1.807, 2.05) is 25.1 Å². The van der Waals surface area contributed by atoms with Gasteiger partial charge in [0, 0.05) is 17.6 Å². The summed E-state index contributed by atoms with van der Waals surface area (Å²) in [6, 6.07) is 7.30. The third kappa shape index (κ3) is 2.88. The Balaban J connectivity index is 2.17. The van der Waals surface area contributed by atoms with Gasteiger partial charge in [0.15, 0.2) is 5.78 Å². The first-order chi connectivity index (χ1) is 8.16. The molecule has 3 nitrogen and oxygen atoms in total. The summed E-state index contributed by atoms with van der Waals surface area (Å²) in [7, 11) is 0. The first kappa shape index (κ1) is 11.7. The minimum atomic E-state index is -0.0781. The molecule has 0 bridgehead atoms. The Morgan fingerprint density at radius 1 is 1.24 bits per heavy atom. The van der Waals surface area contributed by atoms with E-state index in [4.69, 9.17) is 11.6 Å². The number of hydrogen-bond donors (Lipinski definition) is 0. The molecule has 17 heavy (non-hydrogen) atoms. The first-order valence-corrected chi connectivity index (χ1v) is 5.60. The summed E-state index contributed by atoms with van der Waals surface area (Å²) in [6.07, 6.45) is 3.33. The lowest BCUT2D eigenvalue weighted by Crippen LogP contribution is -2.07. The number of nitrogens with zero attached hydrogens (tertiary/aromatic N) is 2. The lowest BCUT2D eigenvalue weighted by molar-refractivity contribution is 0.0988. The Hall–Kier alpha value is -1.74. The maximum absolute atomic E-state index is 11.9. The zero-order valence-corrected chi connectivity index (χ0v) is 10.1. The molecule has 0 aliphatic heterocycles. The van der Waals surface area contributed by atoms with Crippen molar-refractivity contribution in [3.8, 4) is 0 Å². The van der Waals surface area contributed by atoms with E-state index in [-0.39, 0.29) is 12.2 Å². The molecule has 86 valence electrons. The molecular formula is C13H11ClN2O. The van der Waals surface area contributed by atoms with E-state index in [1.165, 1.54) is 6.20 Å². The van der Waals surface area contributed by atoms with Crippen molar-refractivity contribution in [3.05, 3.63) is 58.6 Å². The Morgan fingerprint density at radius 3 is 2.65 bits per heavy atom. The summed E-state index contributed by atoms with van der Waals surface area (Å²) in [6.45, 7) is 1.83. The van der Waals surface area contributed by atoms with E-state index in [2.05, 4.69) is 9.97 Å². The fraction of sp³-hybridized carbons (Fsp3) is 0.154. The van der Waals surface area contributed by atoms with Crippen LogP contribution in [0.5, 0.6) is 0 Å². The van der Waals surface area contributed by atoms with E-state index in [1.54, 1.807) is 12.3 Å². The predicted octanol–water partition coefficient (Wildman–Crippen LogP) is 2.86. The highest BCUT2D eigenvalue weighted by atomic mass is 35.5. The fourth-order valence-corrected chi connectivity index (χ4v) is 1.64. The summed E-state index contributed by atoms with van der Waals surface area (Å²) in [4.78, 5) is 20.0. The molecule has 1 heterocycles. The van der Waals surface area contributed by atoms with Crippen LogP contribution in [0.4, 0.5) is 0 Å². The van der Waals surface area contributed by atoms with Crippen molar-refractivity contribution in [3.63, 3.8) is 0 Å². The maximum atomic E-state index is 11.9. The molecule has 0 spiro atoms. The second-order valence-electron chi connectivity index (χ2n) is 3.73. The summed E-state index contributed by atoms with van der Waals surface area (Å²) >= 11 is 5.99. The molecule has 2 aromatic rings. The minimum absolute atomic E-state index is 0.0781. The van der Waals surface area contributed by atoms with Crippen molar-refractivity contribution < 1.29 is 4.79 Å². The number of carbonyl (C=O) groups excluding carboxylic acids is 1. The molecule has 0 amide bonds. The molecule has 0 radical (unpaired) electrons. The number of carbonyl (C=O) groups is 1. The highest BCUT2D eigenvalue weighted by Crippen LogP contribution is 2.16. The van der Waals surface area contributed by atoms with Crippen molar-refractivity contribution in [2.45, 2.75) is 13.3 Å². The van der Waals surface area contributed by atoms with Crippen molar-refractivity contribution in [2.75, 3.05) is 0 Å². The summed E-state index contributed by atoms with van der Waals surface area (Å²) in [5.41, 5.74) is 1.97. The summed E-state index contributed by atoms with van der Waals surface area (Å²) in [5.74, 6) is -0.0781. The number of hydrogen-bond acceptors (Lipinski definition) is 3. The van der Waals surface area contributed by atoms with E-state index in [9.17, 15) is 4.79 Å². The summed E-state index contributed by atoms with van der Waals surface area (Å²) < 4.78 is 0. The van der Waals surface area contributed by atoms with Crippen LogP contribution in [0.2, 0.25) is 5.02 Å². The van der Waals surface area contributed by atoms with Crippen LogP contribution < -0.4 is 0 Å². The molecule has 0 aliphatic carbocycles. The first-order valence-electron chi connectivity index (χ1n) is 5.22. The van der Waals surface area contributed by atoms with Crippen LogP contribution >= 0.6 is 11.6 Å². The van der Waals surface area contributed by atoms with Gasteiger partial charge in [-0.25, -0.2) is 4.98 Å². The monoisotopic (exact) mass is 246 g/mol. The van der Waals surface area contributed by atoms with Gasteiger partial charge >= 0.3 is 0 Å². The van der Waals surface area contributed by atoms with Gasteiger partial charge in [-0.15, -0.1) is 0 Å². The van der Waals surface area contributed by atoms with Crippen LogP contribution in [-0.4, -0.2) is 15.8 Å². The number of rotatable bonds is 3. The topological polar surface area (TPSA) is 42.9 Å². The van der Waals surface area contributed by atoms with Gasteiger partial charge in [-0.3, -0.25) is 9.78 Å². The Bertz CT molecular complexity index is 537. The number of halogens is 1. The van der Waals surface area contributed by atoms with E-state index < -0.39 is 0 Å². The van der Waals surface area contributed by atoms with Crippen LogP contribution in [0.1, 0.15) is 21.7 Å². The fourth-order valence-electron chi connectivity index (χ4n) is 1.44. The van der Waals surface area contributed by atoms with Gasteiger partial charge < -0.3 is 0 Å². The standard InChI is InChI=1S/C13H11ClN2O/c1-9-7-16-12(8-15-9)13(17)6-10-4-2-3-5-11(10)14/h2-5,7-8H,6H2,1H3. The van der Waals surface area contributed by atoms with Crippen LogP contribution in [0, 0.1) is 6.92 Å². The smallest absolute Gasteiger partial charge is 0.187 e. The van der Waals surface area contributed by atoms with E-state index >= 15 is 0 Å². The lowest BCUT2D eigenvalue weighted by atomic mass is 10.1. The number of Topliss-reactive ketones (excluding diaryl/α,β-unsaturated/α-hetero) is 1. The zero-order valence-electron chi connectivity index (χ0n) is 9.35. The molecule has 0 fully saturated rings. The van der Waals surface area contributed by atoms with Crippen LogP contribution in [0.3, 0.4) is 0 Å². The molecule has 2 rings (SSSR count). The highest BCUT2D eigenvalue weighted by Gasteiger charge is 2.10. The van der Waals surface area contributed by atoms with E-state index in [0.29, 0.717) is 10.7 Å². The SMILES string of the molecule is Cc1cnc(C(=O)Cc2ccccc2Cl)cn1. The van der Waals surface area contributed by atoms with Gasteiger partial charge in [0.05, 0.1) is 11.9 Å². The van der Waals surface area contributed by atoms with Gasteiger partial charge in [0.25, 0.3) is 0 Å². The molecule has 1 aromatic heterocycles. The van der Waals surface area contributed by atoms with Gasteiger partial charge in [0.1, 0.15) is 5.69 Å². The zero-order chi connectivity index (χ0) is 12.3. The average Bonchev–Trinajstić information content (AvgIpc) is 2.33. The second kappa shape index (κ2) is 5.06. The molecular weight excluding hydrogens is 236 g/mol. The summed E-state index contributed by atoms with van der Waals surface area (Å²) in [5, 5.41) is 0.598. The van der Waals surface area contributed by atoms with Crippen molar-refractivity contribution >= 4 is 17.4 Å². The molecule has 0 saturated carbocycles. The molecule has 0 aliphatic rings. The van der Waals surface area contributed by atoms with Crippen LogP contribution in [0.25, 0.3) is 0 Å². The highest BCUT2D eigenvalue weighted by molar-refractivity contribution is 6.31. The normalized spacial score (nSPS) is 10.2. The van der Waals surface area contributed by atoms with E-state index in [0.717, 1.165) is 11.3 Å². The maximum Gasteiger partial charge on any atom is 0.187 e. The predicted molar refractivity (Wildman–Crippen MR) is 66.3 cm³/mol. The third-order valence-corrected chi connectivity index (χ3v) is 2.74. The van der Waals surface area contributed by atoms with Gasteiger partial charge in [-0.2, -0.15) is 0 Å². The van der Waals surface area contributed by atoms with Gasteiger partial charge in [-0.05, 0) is 18.6 Å². The molecule has 0 unspecified atom stereocenters. The molecule has 0 atom stereocenters. The minimum Gasteiger partial charge on any atom is -0.292 e. The quantitative estimate of drug-likeness (QED) is 0.782. The van der Waals surface area contributed by atoms with Crippen molar-refractivity contribution in [2.24, 2.45) is 0 Å². The third-order valence-electron chi connectivity index (χ3n) is 2.38. The van der Waals surface area contributed by atoms with Crippen molar-refractivity contribution in [1.82, 2.24) is 9.97 Å². The molecule has 0 saturated heterocycles. The Kier molecular flexibility index (Phi) is 3.49. The number of aromatic nitrogens is 2. The number of aryl methyl sites for hydroxylation is 1. The molecule has 1 aromatic carbocycles. The van der Waals surface area contributed by atoms with Gasteiger partial charge in [0.2, 0.25) is 0 Å². The number of benzene rings is 1. The molecule has 4 heteroatoms. The number of ketones is 1. The van der Waals surface area contributed by atoms with Gasteiger partial charge in [-0.1, -0.05) is 29.8 Å². The van der Waals surface area contributed by atoms with Crippen LogP contribution in [-0.2, 0) is 6.42 Å².